The van der Waals surface area contributed by atoms with Crippen molar-refractivity contribution in [2.24, 2.45) is 37.4 Å². The van der Waals surface area contributed by atoms with E-state index in [2.05, 4.69) is 141 Å². The van der Waals surface area contributed by atoms with Crippen LogP contribution in [0.4, 0.5) is 5.95 Å². The van der Waals surface area contributed by atoms with Crippen LogP contribution in [0.3, 0.4) is 0 Å². The first-order valence-electron chi connectivity index (χ1n) is 25.6. The normalized spacial score (nSPS) is 18.4. The van der Waals surface area contributed by atoms with Crippen molar-refractivity contribution in [1.82, 2.24) is 54.4 Å². The van der Waals surface area contributed by atoms with Gasteiger partial charge < -0.3 is 10.6 Å². The zero-order chi connectivity index (χ0) is 53.2. The molecule has 5 heterocycles. The van der Waals surface area contributed by atoms with E-state index in [1.54, 1.807) is 0 Å². The van der Waals surface area contributed by atoms with Gasteiger partial charge in [0, 0.05) is 101 Å². The van der Waals surface area contributed by atoms with Gasteiger partial charge in [-0.1, -0.05) is 111 Å². The van der Waals surface area contributed by atoms with Gasteiger partial charge in [-0.15, -0.1) is 0 Å². The molecule has 4 aliphatic rings. The highest BCUT2D eigenvalue weighted by molar-refractivity contribution is 6.12. The zero-order valence-corrected chi connectivity index (χ0v) is 47.0. The van der Waals surface area contributed by atoms with Gasteiger partial charge >= 0.3 is 0 Å². The maximum absolute atomic E-state index is 13.0. The number of aryl methyl sites for hydroxylation is 3. The third-order valence-corrected chi connectivity index (χ3v) is 14.3. The maximum Gasteiger partial charge on any atom is 0.220 e. The summed E-state index contributed by atoms with van der Waals surface area (Å²) in [5.41, 5.74) is 20.9. The number of ketones is 3. The number of allylic oxidation sites excluding steroid dienone is 1. The Bertz CT molecular complexity index is 2870. The Morgan fingerprint density at radius 2 is 1.06 bits per heavy atom. The number of anilines is 1. The number of nitrogens with one attached hydrogen (secondary N) is 1. The Balaban J connectivity index is 0.000000156. The molecule has 4 aliphatic carbocycles. The van der Waals surface area contributed by atoms with Crippen molar-refractivity contribution in [3.05, 3.63) is 85.8 Å². The Morgan fingerprint density at radius 3 is 1.56 bits per heavy atom. The van der Waals surface area contributed by atoms with Crippen LogP contribution in [0, 0.1) is 16.2 Å². The molecule has 9 rings (SSSR count). The van der Waals surface area contributed by atoms with Gasteiger partial charge in [0.25, 0.3) is 0 Å². The number of H-pyrrole nitrogens is 1. The van der Waals surface area contributed by atoms with Crippen molar-refractivity contribution in [1.29, 1.82) is 0 Å². The number of aromatic nitrogens is 10. The van der Waals surface area contributed by atoms with Crippen molar-refractivity contribution >= 4 is 23.3 Å². The van der Waals surface area contributed by atoms with E-state index in [0.717, 1.165) is 105 Å². The van der Waals surface area contributed by atoms with E-state index in [0.29, 0.717) is 42.5 Å². The molecular weight excluding hydrogens is 889 g/mol. The molecule has 15 heteroatoms. The fourth-order valence-corrected chi connectivity index (χ4v) is 11.3. The molecule has 5 aromatic heterocycles. The summed E-state index contributed by atoms with van der Waals surface area (Å²) in [5.74, 6) is 2.33. The Hall–Kier alpha value is -5.73. The summed E-state index contributed by atoms with van der Waals surface area (Å²) >= 11 is 0. The molecule has 0 aliphatic heterocycles. The highest BCUT2D eigenvalue weighted by atomic mass is 16.1. The van der Waals surface area contributed by atoms with E-state index >= 15 is 0 Å². The fraction of sp³-hybridized carbons (Fsp3) is 0.625. The monoisotopic (exact) mass is 973 g/mol. The highest BCUT2D eigenvalue weighted by Crippen LogP contribution is 2.45. The summed E-state index contributed by atoms with van der Waals surface area (Å²) in [6.45, 7) is 34.1. The van der Waals surface area contributed by atoms with Crippen LogP contribution in [0.5, 0.6) is 0 Å². The lowest BCUT2D eigenvalue weighted by Crippen LogP contribution is -2.32. The first-order valence-corrected chi connectivity index (χ1v) is 25.6. The van der Waals surface area contributed by atoms with E-state index in [4.69, 9.17) is 10.8 Å². The Labute approximate surface area is 423 Å². The molecule has 0 fully saturated rings. The average Bonchev–Trinajstić information content (AvgIpc) is 3.96. The van der Waals surface area contributed by atoms with Crippen LogP contribution in [0.15, 0.2) is 18.0 Å². The van der Waals surface area contributed by atoms with Gasteiger partial charge in [-0.2, -0.15) is 20.4 Å². The third-order valence-electron chi connectivity index (χ3n) is 14.3. The quantitative estimate of drug-likeness (QED) is 0.160. The topological polar surface area (TPSA) is 188 Å². The highest BCUT2D eigenvalue weighted by Gasteiger charge is 2.42. The van der Waals surface area contributed by atoms with Crippen molar-refractivity contribution in [2.45, 2.75) is 178 Å². The molecule has 0 unspecified atom stereocenters. The Kier molecular flexibility index (Phi) is 15.2. The second-order valence-corrected chi connectivity index (χ2v) is 24.9. The predicted molar refractivity (Wildman–Crippen MR) is 283 cm³/mol. The summed E-state index contributed by atoms with van der Waals surface area (Å²) in [4.78, 5) is 47.8. The minimum Gasteiger partial charge on any atom is -0.383 e. The van der Waals surface area contributed by atoms with Crippen LogP contribution in [0.2, 0.25) is 0 Å². The van der Waals surface area contributed by atoms with Crippen LogP contribution < -0.4 is 5.73 Å². The number of fused-ring (bicyclic) bond motifs is 6. The molecule has 0 radical (unpaired) electrons. The lowest BCUT2D eigenvalue weighted by Gasteiger charge is -2.32. The maximum atomic E-state index is 13.0. The summed E-state index contributed by atoms with van der Waals surface area (Å²) in [7, 11) is 9.79. The first-order chi connectivity index (χ1) is 32.7. The van der Waals surface area contributed by atoms with Crippen molar-refractivity contribution in [3.8, 4) is 11.3 Å². The lowest BCUT2D eigenvalue weighted by molar-refractivity contribution is 0.0901. The number of rotatable bonds is 5. The number of hydrogen-bond donors (Lipinski definition) is 2. The predicted octanol–water partition coefficient (Wildman–Crippen LogP) is 10.6. The third kappa shape index (κ3) is 11.0. The lowest BCUT2D eigenvalue weighted by atomic mass is 9.71. The second kappa shape index (κ2) is 19.7. The summed E-state index contributed by atoms with van der Waals surface area (Å²) in [5, 5.41) is 21.1. The van der Waals surface area contributed by atoms with Crippen LogP contribution in [0.25, 0.3) is 11.3 Å². The fourth-order valence-electron chi connectivity index (χ4n) is 11.3. The first kappa shape index (κ1) is 54.6. The molecule has 0 aromatic carbocycles. The number of Topliss-reactive ketones (excluding diaryl/α,β-unsaturated/α-hetero) is 3. The van der Waals surface area contributed by atoms with Crippen molar-refractivity contribution in [3.63, 3.8) is 0 Å². The minimum absolute atomic E-state index is 0.0152. The van der Waals surface area contributed by atoms with E-state index < -0.39 is 0 Å². The van der Waals surface area contributed by atoms with E-state index in [-0.39, 0.29) is 39.0 Å². The molecule has 0 saturated carbocycles. The zero-order valence-electron chi connectivity index (χ0n) is 47.0. The van der Waals surface area contributed by atoms with Gasteiger partial charge in [0.1, 0.15) is 0 Å². The van der Waals surface area contributed by atoms with Gasteiger partial charge in [0.05, 0.1) is 62.2 Å². The number of nitrogens with zero attached hydrogens (tertiary/aromatic N) is 10. The number of nitrogen functional groups attached to an aromatic ring is 1. The van der Waals surface area contributed by atoms with Gasteiger partial charge in [-0.05, 0) is 52.8 Å². The molecule has 5 aromatic rings. The van der Waals surface area contributed by atoms with Crippen LogP contribution in [-0.2, 0) is 52.2 Å². The molecule has 386 valence electrons. The van der Waals surface area contributed by atoms with E-state index in [9.17, 15) is 14.4 Å². The number of carbonyl (C=O) groups is 3. The molecule has 3 N–H and O–H groups in total. The smallest absolute Gasteiger partial charge is 0.220 e. The van der Waals surface area contributed by atoms with Gasteiger partial charge in [0.2, 0.25) is 5.95 Å². The Morgan fingerprint density at radius 1 is 0.606 bits per heavy atom. The number of nitrogens with two attached hydrogens (primary N) is 1. The molecule has 0 atom stereocenters. The summed E-state index contributed by atoms with van der Waals surface area (Å²) in [6.07, 6.45) is 8.67. The largest absolute Gasteiger partial charge is 0.383 e. The summed E-state index contributed by atoms with van der Waals surface area (Å²) in [6, 6.07) is 0. The second-order valence-electron chi connectivity index (χ2n) is 24.9. The summed E-state index contributed by atoms with van der Waals surface area (Å²) < 4.78 is 5.75. The van der Waals surface area contributed by atoms with Gasteiger partial charge in [-0.25, -0.2) is 9.97 Å². The van der Waals surface area contributed by atoms with E-state index in [1.807, 2.05) is 66.6 Å². The van der Waals surface area contributed by atoms with Crippen LogP contribution in [0.1, 0.15) is 229 Å². The van der Waals surface area contributed by atoms with Gasteiger partial charge in [0.15, 0.2) is 17.3 Å². The van der Waals surface area contributed by atoms with Crippen molar-refractivity contribution in [2.75, 3.05) is 19.8 Å². The number of hydrogen-bond acceptors (Lipinski definition) is 11. The minimum atomic E-state index is -0.170. The molecule has 0 amide bonds. The number of carbonyl (C=O) groups excluding carboxylic acids is 3. The molecular formula is C56H84N12O3. The number of aromatic amines is 1. The van der Waals surface area contributed by atoms with E-state index in [1.165, 1.54) is 5.69 Å². The molecule has 71 heavy (non-hydrogen) atoms. The van der Waals surface area contributed by atoms with Crippen molar-refractivity contribution < 1.29 is 14.4 Å². The van der Waals surface area contributed by atoms with Gasteiger partial charge in [-0.3, -0.25) is 33.5 Å². The molecule has 0 bridgehead atoms. The molecule has 0 saturated heterocycles. The standard InChI is InChI=1S/C16H25N3O.C15H21N5.C13H20N2O.C12H18N2O/c1-10(2)14-13-12(17-19(14)7)8-16(3,4)11(15(13)20)9-18(5)6;1-8(2)13-11-10(19-20(13)5)6-15(3,4)9-7-17-14(16)18-12(9)11;1-8(2)12-11-9(14-15(12)5)6-13(3,4)7-10(11)16;1-7(2)11-10-8(13-14-11)5-12(3,4)6-9(10)15/h9-10H,8H2,1-7H3;7-8H,6H2,1-5H3,(H2,16,17,18);8H,6-7H2,1-5H3;7H,5-6H2,1-4H3,(H,13,14)/b11-9-;;;. The van der Waals surface area contributed by atoms with Crippen LogP contribution >= 0.6 is 0 Å². The molecule has 0 spiro atoms. The van der Waals surface area contributed by atoms with Crippen LogP contribution in [-0.4, -0.2) is 85.9 Å². The SMILES string of the molecule is CC(C)c1c2c(nn1C)CC(C)(C)/C(=C\N(C)C)C2=O.CC(C)c1c2c(nn1C)CC(C)(C)CC2=O.CC(C)c1c2c(nn1C)CC(C)(C)c1cnc(N)nc1-2.CC(C)c1n[nH]c2c1C(=O)CC(C)(C)C2. The average molecular weight is 973 g/mol. The molecule has 15 nitrogen and oxygen atoms in total.